The lowest BCUT2D eigenvalue weighted by Crippen LogP contribution is -3.00. The third-order valence-corrected chi connectivity index (χ3v) is 1.39. The molecule has 1 unspecified atom stereocenters. The van der Waals surface area contributed by atoms with Crippen LogP contribution in [0, 0.1) is 5.92 Å². The Morgan fingerprint density at radius 1 is 1.78 bits per heavy atom. The van der Waals surface area contributed by atoms with Gasteiger partial charge in [0, 0.05) is 0 Å². The minimum Gasteiger partial charge on any atom is -1.00 e. The van der Waals surface area contributed by atoms with Gasteiger partial charge in [-0.05, 0) is 6.92 Å². The molecule has 1 atom stereocenters. The van der Waals surface area contributed by atoms with Crippen LogP contribution in [0.15, 0.2) is 0 Å². The Bertz CT molecular complexity index is 135. The van der Waals surface area contributed by atoms with Crippen LogP contribution in [0.3, 0.4) is 0 Å². The standard InChI is InChI=1S/C5H10N2O.HI/c1-4-3-8-7(2)5(4)6;/h4,6H,3H2,1-2H3;1H. The zero-order valence-corrected chi connectivity index (χ0v) is 7.75. The summed E-state index contributed by atoms with van der Waals surface area (Å²) in [4.78, 5) is 5.05. The van der Waals surface area contributed by atoms with Crippen molar-refractivity contribution in [2.75, 3.05) is 13.7 Å². The first kappa shape index (κ1) is 9.00. The van der Waals surface area contributed by atoms with Gasteiger partial charge in [-0.3, -0.25) is 5.73 Å². The quantitative estimate of drug-likeness (QED) is 0.355. The van der Waals surface area contributed by atoms with Gasteiger partial charge in [0.2, 0.25) is 0 Å². The van der Waals surface area contributed by atoms with Gasteiger partial charge in [0.05, 0.1) is 5.92 Å². The van der Waals surface area contributed by atoms with E-state index in [2.05, 4.69) is 0 Å². The van der Waals surface area contributed by atoms with Crippen LogP contribution in [0.1, 0.15) is 6.92 Å². The molecule has 54 valence electrons. The third-order valence-electron chi connectivity index (χ3n) is 1.39. The van der Waals surface area contributed by atoms with E-state index in [0.717, 1.165) is 12.4 Å². The van der Waals surface area contributed by atoms with Gasteiger partial charge in [-0.15, -0.1) is 0 Å². The molecule has 9 heavy (non-hydrogen) atoms. The van der Waals surface area contributed by atoms with Crippen molar-refractivity contribution in [3.8, 4) is 0 Å². The Morgan fingerprint density at radius 3 is 2.44 bits per heavy atom. The highest BCUT2D eigenvalue weighted by atomic mass is 127. The fraction of sp³-hybridized carbons (Fsp3) is 0.800. The van der Waals surface area contributed by atoms with Crippen molar-refractivity contribution < 1.29 is 33.6 Å². The normalized spacial score (nSPS) is 25.3. The summed E-state index contributed by atoms with van der Waals surface area (Å²) in [6, 6.07) is 0. The first-order valence-electron chi connectivity index (χ1n) is 2.71. The summed E-state index contributed by atoms with van der Waals surface area (Å²) in [5.41, 5.74) is 5.54. The van der Waals surface area contributed by atoms with Crippen LogP contribution in [0.2, 0.25) is 0 Å². The summed E-state index contributed by atoms with van der Waals surface area (Å²) in [5, 5.41) is 0. The smallest absolute Gasteiger partial charge is 0.287 e. The van der Waals surface area contributed by atoms with E-state index in [1.54, 1.807) is 4.74 Å². The van der Waals surface area contributed by atoms with Crippen molar-refractivity contribution >= 4 is 5.84 Å². The van der Waals surface area contributed by atoms with E-state index < -0.39 is 0 Å². The monoisotopic (exact) mass is 242 g/mol. The SMILES string of the molecule is CC1CO[N+](C)=C1N.[I-]. The second kappa shape index (κ2) is 3.24. The molecule has 0 radical (unpaired) electrons. The molecule has 1 aliphatic rings. The van der Waals surface area contributed by atoms with Gasteiger partial charge < -0.3 is 28.8 Å². The summed E-state index contributed by atoms with van der Waals surface area (Å²) in [6.07, 6.45) is 0. The van der Waals surface area contributed by atoms with Crippen LogP contribution < -0.4 is 29.7 Å². The average molecular weight is 242 g/mol. The van der Waals surface area contributed by atoms with Crippen LogP contribution in [-0.2, 0) is 4.84 Å². The molecule has 0 aromatic heterocycles. The molecule has 0 bridgehead atoms. The predicted octanol–water partition coefficient (Wildman–Crippen LogP) is -3.43. The lowest BCUT2D eigenvalue weighted by Gasteiger charge is -1.87. The first-order valence-corrected chi connectivity index (χ1v) is 2.71. The molecule has 0 aromatic carbocycles. The lowest BCUT2D eigenvalue weighted by atomic mass is 10.2. The number of rotatable bonds is 0. The molecule has 2 N–H and O–H groups in total. The van der Waals surface area contributed by atoms with Crippen molar-refractivity contribution in [2.24, 2.45) is 11.7 Å². The molecule has 0 saturated heterocycles. The molecular weight excluding hydrogens is 231 g/mol. The minimum atomic E-state index is 0. The number of hydrogen-bond acceptors (Lipinski definition) is 2. The van der Waals surface area contributed by atoms with Gasteiger partial charge in [0.25, 0.3) is 5.84 Å². The van der Waals surface area contributed by atoms with E-state index in [1.165, 1.54) is 0 Å². The highest BCUT2D eigenvalue weighted by Crippen LogP contribution is 2.02. The van der Waals surface area contributed by atoms with E-state index in [9.17, 15) is 0 Å². The molecule has 0 fully saturated rings. The maximum atomic E-state index is 5.54. The van der Waals surface area contributed by atoms with Crippen molar-refractivity contribution in [3.63, 3.8) is 0 Å². The maximum Gasteiger partial charge on any atom is 0.287 e. The molecule has 0 saturated carbocycles. The van der Waals surface area contributed by atoms with E-state index in [4.69, 9.17) is 10.6 Å². The van der Waals surface area contributed by atoms with E-state index in [-0.39, 0.29) is 24.0 Å². The highest BCUT2D eigenvalue weighted by molar-refractivity contribution is 5.78. The number of amidine groups is 1. The molecule has 1 heterocycles. The Balaban J connectivity index is 0.000000640. The molecule has 1 rings (SSSR count). The molecule has 0 aliphatic carbocycles. The second-order valence-corrected chi connectivity index (χ2v) is 2.12. The van der Waals surface area contributed by atoms with Crippen LogP contribution in [0.5, 0.6) is 0 Å². The van der Waals surface area contributed by atoms with Crippen LogP contribution >= 0.6 is 0 Å². The fourth-order valence-electron chi connectivity index (χ4n) is 0.694. The summed E-state index contributed by atoms with van der Waals surface area (Å²) >= 11 is 0. The minimum absolute atomic E-state index is 0. The Morgan fingerprint density at radius 2 is 2.33 bits per heavy atom. The molecular formula is C5H11IN2O. The zero-order valence-electron chi connectivity index (χ0n) is 5.60. The van der Waals surface area contributed by atoms with Gasteiger partial charge in [-0.2, -0.15) is 0 Å². The summed E-state index contributed by atoms with van der Waals surface area (Å²) < 4.78 is 1.62. The lowest BCUT2D eigenvalue weighted by molar-refractivity contribution is -0.758. The summed E-state index contributed by atoms with van der Waals surface area (Å²) in [7, 11) is 1.82. The molecule has 0 spiro atoms. The van der Waals surface area contributed by atoms with Gasteiger partial charge in [-0.1, -0.05) is 4.74 Å². The highest BCUT2D eigenvalue weighted by Gasteiger charge is 2.23. The summed E-state index contributed by atoms with van der Waals surface area (Å²) in [6.45, 7) is 2.77. The molecule has 4 heteroatoms. The van der Waals surface area contributed by atoms with Crippen molar-refractivity contribution in [1.82, 2.24) is 0 Å². The molecule has 1 aliphatic heterocycles. The Labute approximate surface area is 71.8 Å². The van der Waals surface area contributed by atoms with Gasteiger partial charge >= 0.3 is 0 Å². The Kier molecular flexibility index (Phi) is 3.24. The predicted molar refractivity (Wildman–Crippen MR) is 30.5 cm³/mol. The Hall–Kier alpha value is 0. The number of halogens is 1. The zero-order chi connectivity index (χ0) is 6.15. The summed E-state index contributed by atoms with van der Waals surface area (Å²) in [5.74, 6) is 1.21. The van der Waals surface area contributed by atoms with Crippen molar-refractivity contribution in [3.05, 3.63) is 0 Å². The molecule has 3 nitrogen and oxygen atoms in total. The number of nitrogens with two attached hydrogens (primary N) is 1. The molecule has 0 aromatic rings. The number of hydrogen-bond donors (Lipinski definition) is 1. The largest absolute Gasteiger partial charge is 1.00 e. The first-order chi connectivity index (χ1) is 3.72. The second-order valence-electron chi connectivity index (χ2n) is 2.12. The van der Waals surface area contributed by atoms with Crippen LogP contribution in [-0.4, -0.2) is 24.2 Å². The van der Waals surface area contributed by atoms with Crippen molar-refractivity contribution in [2.45, 2.75) is 6.92 Å². The van der Waals surface area contributed by atoms with Gasteiger partial charge in [-0.25, -0.2) is 0 Å². The van der Waals surface area contributed by atoms with Gasteiger partial charge in [0.1, 0.15) is 7.05 Å². The number of hydroxylamine groups is 1. The fourth-order valence-corrected chi connectivity index (χ4v) is 0.694. The van der Waals surface area contributed by atoms with Crippen LogP contribution in [0.25, 0.3) is 0 Å². The average Bonchev–Trinajstić information content (AvgIpc) is 1.98. The topological polar surface area (TPSA) is 38.3 Å². The maximum absolute atomic E-state index is 5.54. The van der Waals surface area contributed by atoms with E-state index in [1.807, 2.05) is 14.0 Å². The van der Waals surface area contributed by atoms with Crippen molar-refractivity contribution in [1.29, 1.82) is 0 Å². The van der Waals surface area contributed by atoms with E-state index in [0.29, 0.717) is 5.92 Å². The van der Waals surface area contributed by atoms with Gasteiger partial charge in [0.15, 0.2) is 6.61 Å². The van der Waals surface area contributed by atoms with E-state index >= 15 is 0 Å². The third kappa shape index (κ3) is 1.70. The number of nitrogens with zero attached hydrogens (tertiary/aromatic N) is 1. The molecule has 0 amide bonds. The van der Waals surface area contributed by atoms with Crippen LogP contribution in [0.4, 0.5) is 0 Å².